The molecule has 0 aromatic carbocycles. The van der Waals surface area contributed by atoms with E-state index in [2.05, 4.69) is 25.9 Å². The highest BCUT2D eigenvalue weighted by Crippen LogP contribution is 2.13. The van der Waals surface area contributed by atoms with Crippen molar-refractivity contribution >= 4 is 34.0 Å². The van der Waals surface area contributed by atoms with Crippen molar-refractivity contribution in [3.05, 3.63) is 44.0 Å². The zero-order valence-corrected chi connectivity index (χ0v) is 10.4. The fourth-order valence-electron chi connectivity index (χ4n) is 1.25. The minimum absolute atomic E-state index is 0.222. The summed E-state index contributed by atoms with van der Waals surface area (Å²) < 4.78 is 2.56. The molecular weight excluding hydrogens is 292 g/mol. The first kappa shape index (κ1) is 11.0. The van der Waals surface area contributed by atoms with Crippen LogP contribution in [0.2, 0.25) is 0 Å². The van der Waals surface area contributed by atoms with Gasteiger partial charge >= 0.3 is 0 Å². The van der Waals surface area contributed by atoms with Gasteiger partial charge in [0.15, 0.2) is 4.77 Å². The Bertz CT molecular complexity index is 631. The summed E-state index contributed by atoms with van der Waals surface area (Å²) in [4.78, 5) is 17.7. The van der Waals surface area contributed by atoms with Gasteiger partial charge in [-0.15, -0.1) is 0 Å². The molecule has 0 amide bonds. The first-order valence-electron chi connectivity index (χ1n) is 4.32. The van der Waals surface area contributed by atoms with E-state index in [1.807, 2.05) is 6.07 Å². The van der Waals surface area contributed by atoms with Gasteiger partial charge in [-0.2, -0.15) is 0 Å². The summed E-state index contributed by atoms with van der Waals surface area (Å²) in [6.45, 7) is 0. The molecule has 3 N–H and O–H groups in total. The number of halogens is 1. The quantitative estimate of drug-likeness (QED) is 0.785. The van der Waals surface area contributed by atoms with E-state index in [-0.39, 0.29) is 16.1 Å². The number of anilines is 1. The van der Waals surface area contributed by atoms with E-state index in [4.69, 9.17) is 18.0 Å². The van der Waals surface area contributed by atoms with E-state index < -0.39 is 0 Å². The summed E-state index contributed by atoms with van der Waals surface area (Å²) in [7, 11) is 0. The second-order valence-electron chi connectivity index (χ2n) is 3.03. The number of aromatic amines is 1. The SMILES string of the molecule is Nc1cc(=O)[nH]c(=S)n1-c1ccc(Br)cn1. The van der Waals surface area contributed by atoms with Crippen LogP contribution >= 0.6 is 28.1 Å². The molecule has 0 spiro atoms. The van der Waals surface area contributed by atoms with Crippen LogP contribution in [0.25, 0.3) is 5.82 Å². The minimum atomic E-state index is -0.323. The molecule has 0 radical (unpaired) electrons. The molecule has 2 rings (SSSR count). The topological polar surface area (TPSA) is 76.7 Å². The number of nitrogens with zero attached hydrogens (tertiary/aromatic N) is 2. The van der Waals surface area contributed by atoms with Crippen molar-refractivity contribution in [3.63, 3.8) is 0 Å². The molecule has 0 fully saturated rings. The largest absolute Gasteiger partial charge is 0.385 e. The summed E-state index contributed by atoms with van der Waals surface area (Å²) in [5.74, 6) is 0.811. The van der Waals surface area contributed by atoms with Gasteiger partial charge in [0, 0.05) is 16.7 Å². The lowest BCUT2D eigenvalue weighted by Crippen LogP contribution is -2.15. The zero-order valence-electron chi connectivity index (χ0n) is 7.98. The standard InChI is InChI=1S/C9H7BrN4OS/c10-5-1-2-7(12-4-5)14-6(11)3-8(15)13-9(14)16/h1-4H,11H2,(H,13,15,16). The van der Waals surface area contributed by atoms with Crippen LogP contribution in [0, 0.1) is 4.77 Å². The first-order valence-corrected chi connectivity index (χ1v) is 5.52. The fraction of sp³-hybridized carbons (Fsp3) is 0. The van der Waals surface area contributed by atoms with Crippen LogP contribution in [0.5, 0.6) is 0 Å². The number of aromatic nitrogens is 3. The van der Waals surface area contributed by atoms with Crippen LogP contribution in [0.1, 0.15) is 0 Å². The van der Waals surface area contributed by atoms with Crippen LogP contribution in [-0.2, 0) is 0 Å². The van der Waals surface area contributed by atoms with Crippen LogP contribution in [0.4, 0.5) is 5.82 Å². The highest BCUT2D eigenvalue weighted by Gasteiger charge is 2.03. The van der Waals surface area contributed by atoms with E-state index >= 15 is 0 Å². The molecule has 0 saturated heterocycles. The summed E-state index contributed by atoms with van der Waals surface area (Å²) in [5.41, 5.74) is 5.39. The van der Waals surface area contributed by atoms with Gasteiger partial charge in [-0.25, -0.2) is 4.98 Å². The molecule has 2 aromatic heterocycles. The number of H-pyrrole nitrogens is 1. The third-order valence-electron chi connectivity index (χ3n) is 1.91. The van der Waals surface area contributed by atoms with Gasteiger partial charge in [-0.05, 0) is 40.3 Å². The van der Waals surface area contributed by atoms with Gasteiger partial charge < -0.3 is 5.73 Å². The Morgan fingerprint density at radius 1 is 1.50 bits per heavy atom. The minimum Gasteiger partial charge on any atom is -0.385 e. The normalized spacial score (nSPS) is 10.3. The van der Waals surface area contributed by atoms with Crippen LogP contribution < -0.4 is 11.3 Å². The van der Waals surface area contributed by atoms with E-state index in [9.17, 15) is 4.79 Å². The Balaban J connectivity index is 2.69. The molecule has 82 valence electrons. The van der Waals surface area contributed by atoms with E-state index in [1.54, 1.807) is 12.3 Å². The lowest BCUT2D eigenvalue weighted by atomic mass is 10.4. The predicted octanol–water partition coefficient (Wildman–Crippen LogP) is 1.63. The van der Waals surface area contributed by atoms with Crippen molar-refractivity contribution in [1.29, 1.82) is 0 Å². The maximum atomic E-state index is 11.1. The third kappa shape index (κ3) is 2.05. The molecule has 0 aliphatic rings. The van der Waals surface area contributed by atoms with E-state index in [0.717, 1.165) is 4.47 Å². The van der Waals surface area contributed by atoms with E-state index in [1.165, 1.54) is 10.6 Å². The molecule has 16 heavy (non-hydrogen) atoms. The second-order valence-corrected chi connectivity index (χ2v) is 4.34. The summed E-state index contributed by atoms with van der Waals surface area (Å²) in [5, 5.41) is 0. The molecule has 0 unspecified atom stereocenters. The molecule has 7 heteroatoms. The van der Waals surface area contributed by atoms with Crippen LogP contribution in [0.3, 0.4) is 0 Å². The van der Waals surface area contributed by atoms with Crippen molar-refractivity contribution in [2.75, 3.05) is 5.73 Å². The van der Waals surface area contributed by atoms with Gasteiger partial charge in [-0.1, -0.05) is 0 Å². The lowest BCUT2D eigenvalue weighted by Gasteiger charge is -2.08. The predicted molar refractivity (Wildman–Crippen MR) is 67.1 cm³/mol. The molecule has 2 heterocycles. The van der Waals surface area contributed by atoms with Crippen LogP contribution in [-0.4, -0.2) is 14.5 Å². The molecule has 0 saturated carbocycles. The van der Waals surface area contributed by atoms with Crippen molar-refractivity contribution in [3.8, 4) is 5.82 Å². The van der Waals surface area contributed by atoms with E-state index in [0.29, 0.717) is 5.82 Å². The Labute approximate surface area is 104 Å². The van der Waals surface area contributed by atoms with Crippen LogP contribution in [0.15, 0.2) is 33.7 Å². The number of hydrogen-bond donors (Lipinski definition) is 2. The molecule has 2 aromatic rings. The number of nitrogens with one attached hydrogen (secondary N) is 1. The Morgan fingerprint density at radius 3 is 2.81 bits per heavy atom. The number of pyridine rings is 1. The molecular formula is C9H7BrN4OS. The van der Waals surface area contributed by atoms with Gasteiger partial charge in [0.25, 0.3) is 5.56 Å². The maximum Gasteiger partial charge on any atom is 0.253 e. The van der Waals surface area contributed by atoms with Crippen molar-refractivity contribution in [2.45, 2.75) is 0 Å². The fourth-order valence-corrected chi connectivity index (χ4v) is 1.78. The molecule has 0 aliphatic heterocycles. The second kappa shape index (κ2) is 4.18. The first-order chi connectivity index (χ1) is 7.58. The molecule has 0 bridgehead atoms. The number of rotatable bonds is 1. The summed E-state index contributed by atoms with van der Waals surface area (Å²) in [6.07, 6.45) is 1.63. The van der Waals surface area contributed by atoms with Crippen molar-refractivity contribution < 1.29 is 0 Å². The van der Waals surface area contributed by atoms with Gasteiger partial charge in [0.1, 0.15) is 11.6 Å². The number of nitrogens with two attached hydrogens (primary N) is 1. The van der Waals surface area contributed by atoms with Gasteiger partial charge in [0.05, 0.1) is 0 Å². The highest BCUT2D eigenvalue weighted by atomic mass is 79.9. The summed E-state index contributed by atoms with van der Waals surface area (Å²) in [6, 6.07) is 4.82. The highest BCUT2D eigenvalue weighted by molar-refractivity contribution is 9.10. The maximum absolute atomic E-state index is 11.1. The molecule has 0 atom stereocenters. The van der Waals surface area contributed by atoms with Crippen molar-refractivity contribution in [1.82, 2.24) is 14.5 Å². The Morgan fingerprint density at radius 2 is 2.25 bits per heavy atom. The van der Waals surface area contributed by atoms with Gasteiger partial charge in [-0.3, -0.25) is 14.3 Å². The Kier molecular flexibility index (Phi) is 2.88. The third-order valence-corrected chi connectivity index (χ3v) is 2.66. The van der Waals surface area contributed by atoms with Crippen molar-refractivity contribution in [2.24, 2.45) is 0 Å². The average Bonchev–Trinajstić information content (AvgIpc) is 2.19. The average molecular weight is 299 g/mol. The molecule has 5 nitrogen and oxygen atoms in total. The summed E-state index contributed by atoms with van der Waals surface area (Å²) >= 11 is 8.30. The zero-order chi connectivity index (χ0) is 11.7. The lowest BCUT2D eigenvalue weighted by molar-refractivity contribution is 0.914. The smallest absolute Gasteiger partial charge is 0.253 e. The number of nitrogen functional groups attached to an aromatic ring is 1. The molecule has 0 aliphatic carbocycles. The Hall–Kier alpha value is -1.47. The van der Waals surface area contributed by atoms with Gasteiger partial charge in [0.2, 0.25) is 0 Å². The monoisotopic (exact) mass is 298 g/mol. The number of hydrogen-bond acceptors (Lipinski definition) is 4.